The van der Waals surface area contributed by atoms with Crippen LogP contribution in [0.4, 0.5) is 0 Å². The lowest BCUT2D eigenvalue weighted by Crippen LogP contribution is -2.64. The van der Waals surface area contributed by atoms with Crippen molar-refractivity contribution in [3.63, 3.8) is 0 Å². The summed E-state index contributed by atoms with van der Waals surface area (Å²) in [5, 5.41) is 20.7. The summed E-state index contributed by atoms with van der Waals surface area (Å²) in [7, 11) is 0. The van der Waals surface area contributed by atoms with Crippen LogP contribution in [0.5, 0.6) is 11.5 Å². The molecule has 9 heteroatoms. The topological polar surface area (TPSA) is 107 Å². The Kier molecular flexibility index (Phi) is 10.3. The Hall–Kier alpha value is -3.27. The number of aromatic hydroxyl groups is 2. The minimum atomic E-state index is -0.986. The number of fused-ring (bicyclic) bond motifs is 1. The van der Waals surface area contributed by atoms with Gasteiger partial charge in [0.15, 0.2) is 11.6 Å². The Morgan fingerprint density at radius 2 is 1.77 bits per heavy atom. The summed E-state index contributed by atoms with van der Waals surface area (Å²) in [6.45, 7) is 8.13. The van der Waals surface area contributed by atoms with Gasteiger partial charge < -0.3 is 14.9 Å². The van der Waals surface area contributed by atoms with E-state index in [1.165, 1.54) is 56.5 Å². The van der Waals surface area contributed by atoms with Gasteiger partial charge in [-0.1, -0.05) is 45.8 Å². The number of Topliss-reactive ketones (excluding diaryl/α,β-unsaturated/α-hetero) is 1. The number of phenolic OH excluding ortho intramolecular Hbond substituents is 2. The van der Waals surface area contributed by atoms with Crippen molar-refractivity contribution in [1.29, 1.82) is 0 Å². The number of halogens is 1. The lowest BCUT2D eigenvalue weighted by atomic mass is 9.69. The summed E-state index contributed by atoms with van der Waals surface area (Å²) in [6.07, 6.45) is 8.92. The van der Waals surface area contributed by atoms with Gasteiger partial charge >= 0.3 is 5.97 Å². The maximum Gasteiger partial charge on any atom is 0.306 e. The van der Waals surface area contributed by atoms with Crippen molar-refractivity contribution in [2.24, 2.45) is 11.8 Å². The quantitative estimate of drug-likeness (QED) is 0.155. The molecular weight excluding hydrogens is 660 g/mol. The van der Waals surface area contributed by atoms with E-state index in [0.29, 0.717) is 30.3 Å². The first-order valence-electron chi connectivity index (χ1n) is 17.0. The number of likely N-dealkylation sites (tertiary alicyclic amines) is 1. The fourth-order valence-corrected chi connectivity index (χ4v) is 8.89. The van der Waals surface area contributed by atoms with Gasteiger partial charge in [-0.15, -0.1) is 0 Å². The van der Waals surface area contributed by atoms with Gasteiger partial charge in [-0.2, -0.15) is 0 Å². The number of rotatable bonds is 10. The highest BCUT2D eigenvalue weighted by Gasteiger charge is 2.48. The van der Waals surface area contributed by atoms with Crippen LogP contribution >= 0.6 is 15.9 Å². The molecule has 5 atom stereocenters. The van der Waals surface area contributed by atoms with Crippen LogP contribution in [-0.2, 0) is 16.1 Å². The summed E-state index contributed by atoms with van der Waals surface area (Å²) < 4.78 is 7.06. The lowest BCUT2D eigenvalue weighted by molar-refractivity contribution is -0.147. The van der Waals surface area contributed by atoms with Crippen LogP contribution in [0.3, 0.4) is 0 Å². The van der Waals surface area contributed by atoms with E-state index in [1.807, 2.05) is 26.0 Å². The molecule has 0 bridgehead atoms. The SMILES string of the molecule is CC(C)=CC[C@@H](OC(=O)CCC[C@H]1[C@@H]2CCCN3CCC[C@H](CN1Cc1ccccc1Br)[C@H]23)C1=CC(=O)c2c(O)ccc(O)c2C1=O. The summed E-state index contributed by atoms with van der Waals surface area (Å²) in [5.41, 5.74) is 1.78. The standard InChI is InChI=1S/C38H45BrN2O6/c1-23(2)14-17-33(27-20-32(44)35-30(42)15-16-31(43)36(35)38(27)46)47-34(45)13-5-12-29-26-10-7-19-40-18-6-9-25(37(26)40)22-41(29)21-24-8-3-4-11-28(24)39/h3-4,8,11,14-16,20,25-26,29,33,37,42-43H,5-7,9-10,12-13,17-19,21-22H2,1-2H3/t25-,26+,29+,33-,37-/m1/s1. The van der Waals surface area contributed by atoms with Gasteiger partial charge in [0.05, 0.1) is 11.1 Å². The summed E-state index contributed by atoms with van der Waals surface area (Å²) in [5.74, 6) is -1.18. The number of carbonyl (C=O) groups excluding carboxylic acids is 3. The first kappa shape index (κ1) is 33.6. The highest BCUT2D eigenvalue weighted by Crippen LogP contribution is 2.44. The number of hydrogen-bond donors (Lipinski definition) is 2. The van der Waals surface area contributed by atoms with Gasteiger partial charge in [-0.05, 0) is 107 Å². The van der Waals surface area contributed by atoms with Crippen molar-refractivity contribution in [3.05, 3.63) is 80.9 Å². The largest absolute Gasteiger partial charge is 0.507 e. The van der Waals surface area contributed by atoms with Crippen molar-refractivity contribution in [1.82, 2.24) is 9.80 Å². The van der Waals surface area contributed by atoms with E-state index >= 15 is 0 Å². The van der Waals surface area contributed by atoms with E-state index < -0.39 is 29.4 Å². The third-order valence-corrected chi connectivity index (χ3v) is 11.3. The smallest absolute Gasteiger partial charge is 0.306 e. The highest BCUT2D eigenvalue weighted by atomic mass is 79.9. The van der Waals surface area contributed by atoms with E-state index in [0.717, 1.165) is 35.6 Å². The van der Waals surface area contributed by atoms with Gasteiger partial charge in [0.25, 0.3) is 0 Å². The fourth-order valence-electron chi connectivity index (χ4n) is 8.48. The van der Waals surface area contributed by atoms with Gasteiger partial charge in [-0.25, -0.2) is 0 Å². The molecule has 47 heavy (non-hydrogen) atoms. The summed E-state index contributed by atoms with van der Waals surface area (Å²) in [4.78, 5) is 45.3. The van der Waals surface area contributed by atoms with Crippen molar-refractivity contribution in [3.8, 4) is 11.5 Å². The molecule has 0 aromatic heterocycles. The zero-order chi connectivity index (χ0) is 33.2. The number of esters is 1. The van der Waals surface area contributed by atoms with Gasteiger partial charge in [0.1, 0.15) is 17.6 Å². The van der Waals surface area contributed by atoms with E-state index in [4.69, 9.17) is 4.74 Å². The Balaban J connectivity index is 1.17. The molecule has 4 aliphatic rings. The fraction of sp³-hybridized carbons (Fsp3) is 0.500. The molecule has 3 saturated heterocycles. The molecule has 250 valence electrons. The van der Waals surface area contributed by atoms with Crippen molar-refractivity contribution < 1.29 is 29.3 Å². The molecule has 8 nitrogen and oxygen atoms in total. The number of benzene rings is 2. The third kappa shape index (κ3) is 7.13. The second-order valence-corrected chi connectivity index (χ2v) is 14.7. The molecule has 0 saturated carbocycles. The molecule has 0 unspecified atom stereocenters. The Morgan fingerprint density at radius 3 is 2.51 bits per heavy atom. The Labute approximate surface area is 285 Å². The molecule has 3 fully saturated rings. The molecule has 2 aromatic rings. The van der Waals surface area contributed by atoms with Crippen LogP contribution < -0.4 is 0 Å². The van der Waals surface area contributed by atoms with Crippen molar-refractivity contribution >= 4 is 33.5 Å². The molecule has 0 spiro atoms. The first-order valence-corrected chi connectivity index (χ1v) is 17.8. The molecule has 3 heterocycles. The van der Waals surface area contributed by atoms with Crippen LogP contribution in [0.25, 0.3) is 0 Å². The Bertz CT molecular complexity index is 1590. The number of carbonyl (C=O) groups is 3. The average molecular weight is 706 g/mol. The highest BCUT2D eigenvalue weighted by molar-refractivity contribution is 9.10. The van der Waals surface area contributed by atoms with E-state index in [9.17, 15) is 24.6 Å². The van der Waals surface area contributed by atoms with E-state index in [2.05, 4.69) is 43.9 Å². The second kappa shape index (κ2) is 14.5. The maximum absolute atomic E-state index is 13.5. The number of nitrogens with zero attached hydrogens (tertiary/aromatic N) is 2. The molecule has 2 aromatic carbocycles. The number of ether oxygens (including phenoxy) is 1. The first-order chi connectivity index (χ1) is 22.6. The number of allylic oxidation sites excluding steroid dienone is 2. The van der Waals surface area contributed by atoms with Gasteiger partial charge in [0, 0.05) is 48.1 Å². The predicted molar refractivity (Wildman–Crippen MR) is 183 cm³/mol. The van der Waals surface area contributed by atoms with E-state index in [1.54, 1.807) is 0 Å². The molecule has 2 N–H and O–H groups in total. The van der Waals surface area contributed by atoms with Crippen LogP contribution in [0.15, 0.2) is 64.2 Å². The maximum atomic E-state index is 13.5. The third-order valence-electron chi connectivity index (χ3n) is 10.5. The zero-order valence-corrected chi connectivity index (χ0v) is 28.9. The molecular formula is C38H45BrN2O6. The van der Waals surface area contributed by atoms with Gasteiger partial charge in [-0.3, -0.25) is 24.2 Å². The average Bonchev–Trinajstić information content (AvgIpc) is 3.04. The number of ketones is 2. The Morgan fingerprint density at radius 1 is 1.04 bits per heavy atom. The zero-order valence-electron chi connectivity index (χ0n) is 27.3. The van der Waals surface area contributed by atoms with Crippen molar-refractivity contribution in [2.75, 3.05) is 19.6 Å². The second-order valence-electron chi connectivity index (χ2n) is 13.9. The van der Waals surface area contributed by atoms with Crippen molar-refractivity contribution in [2.45, 2.75) is 89.9 Å². The molecule has 6 rings (SSSR count). The number of piperidine rings is 3. The summed E-state index contributed by atoms with van der Waals surface area (Å²) >= 11 is 3.76. The normalized spacial score (nSPS) is 25.0. The van der Waals surface area contributed by atoms with Gasteiger partial charge in [0.2, 0.25) is 0 Å². The van der Waals surface area contributed by atoms with Crippen LogP contribution in [0, 0.1) is 11.8 Å². The minimum Gasteiger partial charge on any atom is -0.507 e. The number of hydrogen-bond acceptors (Lipinski definition) is 8. The monoisotopic (exact) mass is 704 g/mol. The molecule has 3 aliphatic heterocycles. The summed E-state index contributed by atoms with van der Waals surface area (Å²) in [6, 6.07) is 11.8. The van der Waals surface area contributed by atoms with Crippen LogP contribution in [0.1, 0.15) is 91.5 Å². The lowest BCUT2D eigenvalue weighted by Gasteiger charge is -2.57. The predicted octanol–water partition coefficient (Wildman–Crippen LogP) is 6.98. The molecule has 0 radical (unpaired) electrons. The minimum absolute atomic E-state index is 0.00628. The van der Waals surface area contributed by atoms with Crippen LogP contribution in [0.2, 0.25) is 0 Å². The molecule has 1 aliphatic carbocycles. The van der Waals surface area contributed by atoms with Crippen LogP contribution in [-0.4, -0.2) is 75.4 Å². The van der Waals surface area contributed by atoms with E-state index in [-0.39, 0.29) is 35.3 Å². The molecule has 0 amide bonds. The number of phenols is 2.